The Bertz CT molecular complexity index is 908. The number of thioether (sulfide) groups is 1. The molecule has 1 fully saturated rings. The number of benzene rings is 1. The SMILES string of the molecule is C=C(CNc1ccc2c(nnn2CC(C)(C)C)c1Br)N=C(SCC)C1CCNCC1. The van der Waals surface area contributed by atoms with E-state index in [1.165, 1.54) is 5.04 Å². The molecule has 0 radical (unpaired) electrons. The number of hydrogen-bond donors (Lipinski definition) is 2. The Morgan fingerprint density at radius 3 is 2.77 bits per heavy atom. The van der Waals surface area contributed by atoms with E-state index in [-0.39, 0.29) is 5.41 Å². The van der Waals surface area contributed by atoms with E-state index in [2.05, 4.69) is 83.3 Å². The molecule has 3 rings (SSSR count). The molecule has 1 aliphatic rings. The van der Waals surface area contributed by atoms with Gasteiger partial charge in [-0.25, -0.2) is 9.67 Å². The first kappa shape index (κ1) is 23.3. The first-order chi connectivity index (χ1) is 14.3. The van der Waals surface area contributed by atoms with E-state index in [4.69, 9.17) is 4.99 Å². The van der Waals surface area contributed by atoms with Gasteiger partial charge in [0.15, 0.2) is 0 Å². The smallest absolute Gasteiger partial charge is 0.129 e. The summed E-state index contributed by atoms with van der Waals surface area (Å²) in [6, 6.07) is 4.15. The number of aliphatic imine (C=N–C) groups is 1. The van der Waals surface area contributed by atoms with Crippen LogP contribution in [0.4, 0.5) is 5.69 Å². The van der Waals surface area contributed by atoms with Crippen molar-refractivity contribution in [3.05, 3.63) is 28.9 Å². The average molecular weight is 494 g/mol. The van der Waals surface area contributed by atoms with Crippen molar-refractivity contribution in [1.82, 2.24) is 20.3 Å². The van der Waals surface area contributed by atoms with E-state index in [0.29, 0.717) is 12.5 Å². The highest BCUT2D eigenvalue weighted by molar-refractivity contribution is 9.10. The molecule has 0 spiro atoms. The van der Waals surface area contributed by atoms with Gasteiger partial charge in [-0.3, -0.25) is 0 Å². The minimum absolute atomic E-state index is 0.141. The van der Waals surface area contributed by atoms with Crippen LogP contribution in [0, 0.1) is 11.3 Å². The molecule has 0 amide bonds. The van der Waals surface area contributed by atoms with E-state index in [1.54, 1.807) is 0 Å². The van der Waals surface area contributed by atoms with Crippen LogP contribution in [0.5, 0.6) is 0 Å². The maximum atomic E-state index is 4.89. The quantitative estimate of drug-likeness (QED) is 0.404. The fraction of sp³-hybridized carbons (Fsp3) is 0.591. The molecule has 164 valence electrons. The van der Waals surface area contributed by atoms with Crippen molar-refractivity contribution >= 4 is 49.5 Å². The molecule has 0 atom stereocenters. The molecule has 1 aromatic heterocycles. The molecule has 2 aromatic rings. The van der Waals surface area contributed by atoms with Gasteiger partial charge >= 0.3 is 0 Å². The first-order valence-electron chi connectivity index (χ1n) is 10.6. The van der Waals surface area contributed by atoms with Gasteiger partial charge in [0.05, 0.1) is 33.0 Å². The largest absolute Gasteiger partial charge is 0.378 e. The number of fused-ring (bicyclic) bond motifs is 1. The molecule has 0 bridgehead atoms. The topological polar surface area (TPSA) is 67.1 Å². The third kappa shape index (κ3) is 6.08. The van der Waals surface area contributed by atoms with E-state index < -0.39 is 0 Å². The van der Waals surface area contributed by atoms with Gasteiger partial charge in [-0.15, -0.1) is 16.9 Å². The van der Waals surface area contributed by atoms with Crippen LogP contribution in [0.3, 0.4) is 0 Å². The molecular weight excluding hydrogens is 460 g/mol. The lowest BCUT2D eigenvalue weighted by Gasteiger charge is -2.24. The number of aromatic nitrogens is 3. The highest BCUT2D eigenvalue weighted by Gasteiger charge is 2.20. The summed E-state index contributed by atoms with van der Waals surface area (Å²) in [5.41, 5.74) is 3.88. The summed E-state index contributed by atoms with van der Waals surface area (Å²) in [6.45, 7) is 16.5. The molecule has 1 aromatic carbocycles. The number of nitrogens with zero attached hydrogens (tertiary/aromatic N) is 4. The van der Waals surface area contributed by atoms with Crippen molar-refractivity contribution in [3.63, 3.8) is 0 Å². The Labute approximate surface area is 192 Å². The predicted octanol–water partition coefficient (Wildman–Crippen LogP) is 5.32. The van der Waals surface area contributed by atoms with E-state index in [9.17, 15) is 0 Å². The van der Waals surface area contributed by atoms with Crippen molar-refractivity contribution in [2.75, 3.05) is 30.7 Å². The molecule has 2 heterocycles. The van der Waals surface area contributed by atoms with Gasteiger partial charge in [-0.2, -0.15) is 0 Å². The molecule has 1 saturated heterocycles. The Balaban J connectivity index is 1.70. The van der Waals surface area contributed by atoms with Crippen LogP contribution in [0.1, 0.15) is 40.5 Å². The van der Waals surface area contributed by atoms with Crippen molar-refractivity contribution < 1.29 is 0 Å². The van der Waals surface area contributed by atoms with Crippen molar-refractivity contribution in [2.24, 2.45) is 16.3 Å². The van der Waals surface area contributed by atoms with Crippen LogP contribution in [0.2, 0.25) is 0 Å². The Kier molecular flexibility index (Phi) is 7.98. The highest BCUT2D eigenvalue weighted by Crippen LogP contribution is 2.31. The lowest BCUT2D eigenvalue weighted by molar-refractivity contribution is 0.327. The lowest BCUT2D eigenvalue weighted by Crippen LogP contribution is -2.31. The van der Waals surface area contributed by atoms with Gasteiger partial charge in [0, 0.05) is 12.5 Å². The second-order valence-electron chi connectivity index (χ2n) is 8.93. The minimum atomic E-state index is 0.141. The molecular formula is C22H33BrN6S. The van der Waals surface area contributed by atoms with E-state index in [0.717, 1.165) is 65.1 Å². The molecule has 30 heavy (non-hydrogen) atoms. The van der Waals surface area contributed by atoms with Crippen LogP contribution < -0.4 is 10.6 Å². The van der Waals surface area contributed by atoms with Gasteiger partial charge in [-0.1, -0.05) is 39.5 Å². The number of rotatable bonds is 7. The van der Waals surface area contributed by atoms with Crippen LogP contribution in [0.15, 0.2) is 33.9 Å². The zero-order valence-electron chi connectivity index (χ0n) is 18.5. The summed E-state index contributed by atoms with van der Waals surface area (Å²) in [5, 5.41) is 16.9. The summed E-state index contributed by atoms with van der Waals surface area (Å²) in [7, 11) is 0. The van der Waals surface area contributed by atoms with Crippen LogP contribution >= 0.6 is 27.7 Å². The number of nitrogens with one attached hydrogen (secondary N) is 2. The van der Waals surface area contributed by atoms with Crippen molar-refractivity contribution in [2.45, 2.75) is 47.1 Å². The monoisotopic (exact) mass is 492 g/mol. The second-order valence-corrected chi connectivity index (χ2v) is 11.0. The molecule has 1 aliphatic heterocycles. The Hall–Kier alpha value is -1.38. The zero-order valence-corrected chi connectivity index (χ0v) is 20.9. The number of anilines is 1. The van der Waals surface area contributed by atoms with Gasteiger partial charge in [0.25, 0.3) is 0 Å². The predicted molar refractivity (Wildman–Crippen MR) is 133 cm³/mol. The van der Waals surface area contributed by atoms with E-state index in [1.807, 2.05) is 16.4 Å². The van der Waals surface area contributed by atoms with Crippen LogP contribution in [0.25, 0.3) is 11.0 Å². The summed E-state index contributed by atoms with van der Waals surface area (Å²) < 4.78 is 2.90. The second kappa shape index (κ2) is 10.3. The van der Waals surface area contributed by atoms with E-state index >= 15 is 0 Å². The third-order valence-corrected chi connectivity index (χ3v) is 6.79. The standard InChI is InChI=1S/C22H33BrN6S/c1-6-30-21(16-9-11-24-12-10-16)26-15(2)13-25-17-7-8-18-20(19(17)23)27-28-29(18)14-22(3,4)5/h7-8,16,24-25H,2,6,9-14H2,1,3-5H3. The summed E-state index contributed by atoms with van der Waals surface area (Å²) in [5.74, 6) is 1.59. The fourth-order valence-corrected chi connectivity index (χ4v) is 5.07. The third-order valence-electron chi connectivity index (χ3n) is 4.98. The van der Waals surface area contributed by atoms with Crippen LogP contribution in [-0.2, 0) is 6.54 Å². The minimum Gasteiger partial charge on any atom is -0.378 e. The average Bonchev–Trinajstić information content (AvgIpc) is 3.09. The normalized spacial score (nSPS) is 16.2. The van der Waals surface area contributed by atoms with Gasteiger partial charge in [-0.05, 0) is 65.2 Å². The molecule has 6 nitrogen and oxygen atoms in total. The maximum absolute atomic E-state index is 4.89. The molecule has 0 unspecified atom stereocenters. The van der Waals surface area contributed by atoms with Crippen molar-refractivity contribution in [3.8, 4) is 0 Å². The highest BCUT2D eigenvalue weighted by atomic mass is 79.9. The van der Waals surface area contributed by atoms with Gasteiger partial charge in [0.2, 0.25) is 0 Å². The summed E-state index contributed by atoms with van der Waals surface area (Å²) in [6.07, 6.45) is 2.30. The lowest BCUT2D eigenvalue weighted by atomic mass is 9.97. The number of hydrogen-bond acceptors (Lipinski definition) is 6. The van der Waals surface area contributed by atoms with Crippen LogP contribution in [-0.4, -0.2) is 45.4 Å². The van der Waals surface area contributed by atoms with Gasteiger partial charge in [0.1, 0.15) is 5.52 Å². The van der Waals surface area contributed by atoms with Gasteiger partial charge < -0.3 is 10.6 Å². The summed E-state index contributed by atoms with van der Waals surface area (Å²) in [4.78, 5) is 4.89. The van der Waals surface area contributed by atoms with Crippen molar-refractivity contribution in [1.29, 1.82) is 0 Å². The molecule has 2 N–H and O–H groups in total. The Morgan fingerprint density at radius 2 is 2.10 bits per heavy atom. The molecule has 0 aliphatic carbocycles. The number of halogens is 1. The molecule has 0 saturated carbocycles. The zero-order chi connectivity index (χ0) is 21.7. The maximum Gasteiger partial charge on any atom is 0.129 e. The first-order valence-corrected chi connectivity index (χ1v) is 12.4. The Morgan fingerprint density at radius 1 is 1.37 bits per heavy atom. The number of piperidine rings is 1. The summed E-state index contributed by atoms with van der Waals surface area (Å²) >= 11 is 5.56. The fourth-order valence-electron chi connectivity index (χ4n) is 3.56. The molecule has 8 heteroatoms.